The monoisotopic (exact) mass is 740 g/mol. The minimum absolute atomic E-state index is 0.523. The van der Waals surface area contributed by atoms with E-state index in [-0.39, 0.29) is 0 Å². The van der Waals surface area contributed by atoms with Crippen LogP contribution in [0, 0.1) is 60.1 Å². The zero-order chi connectivity index (χ0) is 39.8. The lowest BCUT2D eigenvalue weighted by molar-refractivity contribution is 0.838. The topological polar surface area (TPSA) is 3.24 Å². The standard InChI is InChI=1S/C47H77NSi3/c1-33(2)49(34(3)4,35(5)6)28-25-45(24-23-44-31-42(19)47(48(21)22)43(20)32-44)46(26-29-50(36(7)8,37(9)10)38(11)12)27-30-51(39(13)14,40(15)16)41(17)18/h31-41H,1-22H3. The molecule has 0 aliphatic carbocycles. The van der Waals surface area contributed by atoms with E-state index >= 15 is 0 Å². The lowest BCUT2D eigenvalue weighted by atomic mass is 10.0. The molecule has 1 nitrogen and oxygen atoms in total. The molecule has 0 aliphatic heterocycles. The molecule has 1 aromatic carbocycles. The fourth-order valence-corrected chi connectivity index (χ4v) is 25.6. The van der Waals surface area contributed by atoms with Crippen molar-refractivity contribution in [3.63, 3.8) is 0 Å². The third-order valence-electron chi connectivity index (χ3n) is 12.3. The number of hydrogen-bond acceptors (Lipinski definition) is 1. The summed E-state index contributed by atoms with van der Waals surface area (Å²) in [6, 6.07) is 4.44. The minimum atomic E-state index is -2.06. The molecule has 0 amide bonds. The van der Waals surface area contributed by atoms with E-state index in [9.17, 15) is 0 Å². The Morgan fingerprint density at radius 3 is 0.882 bits per heavy atom. The van der Waals surface area contributed by atoms with Crippen molar-refractivity contribution in [1.82, 2.24) is 0 Å². The highest BCUT2D eigenvalue weighted by Gasteiger charge is 2.44. The van der Waals surface area contributed by atoms with Crippen molar-refractivity contribution < 1.29 is 0 Å². The van der Waals surface area contributed by atoms with E-state index in [0.29, 0.717) is 49.9 Å². The van der Waals surface area contributed by atoms with Crippen LogP contribution in [0.5, 0.6) is 0 Å². The second-order valence-corrected chi connectivity index (χ2v) is 35.0. The van der Waals surface area contributed by atoms with Gasteiger partial charge in [-0.05, 0) is 87.0 Å². The molecule has 1 rings (SSSR count). The zero-order valence-electron chi connectivity index (χ0n) is 37.3. The molecular weight excluding hydrogens is 663 g/mol. The Labute approximate surface area is 322 Å². The van der Waals surface area contributed by atoms with Crippen molar-refractivity contribution >= 4 is 29.9 Å². The minimum Gasteiger partial charge on any atom is -0.377 e. The maximum Gasteiger partial charge on any atom is 0.146 e. The van der Waals surface area contributed by atoms with Crippen LogP contribution in [0.2, 0.25) is 49.9 Å². The van der Waals surface area contributed by atoms with E-state index in [1.807, 2.05) is 0 Å². The van der Waals surface area contributed by atoms with Gasteiger partial charge in [0.15, 0.2) is 0 Å². The Bertz CT molecular complexity index is 1480. The van der Waals surface area contributed by atoms with E-state index in [0.717, 1.165) is 16.7 Å². The Balaban J connectivity index is 4.74. The normalized spacial score (nSPS) is 12.3. The number of anilines is 1. The highest BCUT2D eigenvalue weighted by Crippen LogP contribution is 2.43. The zero-order valence-corrected chi connectivity index (χ0v) is 40.3. The molecule has 0 atom stereocenters. The second kappa shape index (κ2) is 19.1. The first-order valence-corrected chi connectivity index (χ1v) is 26.7. The van der Waals surface area contributed by atoms with Crippen LogP contribution in [0.15, 0.2) is 23.3 Å². The first-order chi connectivity index (χ1) is 23.4. The van der Waals surface area contributed by atoms with Gasteiger partial charge in [-0.15, -0.1) is 16.6 Å². The molecular formula is C47H77NSi3. The number of rotatable bonds is 10. The van der Waals surface area contributed by atoms with Crippen LogP contribution in [0.25, 0.3) is 0 Å². The molecule has 282 valence electrons. The smallest absolute Gasteiger partial charge is 0.146 e. The number of allylic oxidation sites excluding steroid dienone is 2. The van der Waals surface area contributed by atoms with E-state index in [1.165, 1.54) is 16.8 Å². The largest absolute Gasteiger partial charge is 0.377 e. The Kier molecular flexibility index (Phi) is 17.5. The van der Waals surface area contributed by atoms with Gasteiger partial charge in [-0.1, -0.05) is 154 Å². The van der Waals surface area contributed by atoms with Gasteiger partial charge in [0.1, 0.15) is 24.2 Å². The molecule has 4 heteroatoms. The van der Waals surface area contributed by atoms with Crippen LogP contribution < -0.4 is 4.90 Å². The van der Waals surface area contributed by atoms with Crippen LogP contribution in [0.1, 0.15) is 141 Å². The van der Waals surface area contributed by atoms with Crippen molar-refractivity contribution in [1.29, 1.82) is 0 Å². The summed E-state index contributed by atoms with van der Waals surface area (Å²) >= 11 is 0. The van der Waals surface area contributed by atoms with E-state index in [1.54, 1.807) is 0 Å². The van der Waals surface area contributed by atoms with Crippen molar-refractivity contribution in [2.75, 3.05) is 19.0 Å². The first-order valence-electron chi connectivity index (χ1n) is 20.0. The molecule has 0 radical (unpaired) electrons. The summed E-state index contributed by atoms with van der Waals surface area (Å²) in [6.07, 6.45) is 0. The summed E-state index contributed by atoms with van der Waals surface area (Å²) in [6.45, 7) is 47.3. The van der Waals surface area contributed by atoms with Crippen LogP contribution in [0.3, 0.4) is 0 Å². The van der Waals surface area contributed by atoms with Gasteiger partial charge < -0.3 is 4.90 Å². The molecule has 0 saturated heterocycles. The Morgan fingerprint density at radius 2 is 0.667 bits per heavy atom. The summed E-state index contributed by atoms with van der Waals surface area (Å²) in [7, 11) is -1.94. The fourth-order valence-electron chi connectivity index (χ4n) is 9.99. The van der Waals surface area contributed by atoms with E-state index < -0.39 is 24.2 Å². The van der Waals surface area contributed by atoms with Gasteiger partial charge in [-0.2, -0.15) is 0 Å². The summed E-state index contributed by atoms with van der Waals surface area (Å²) in [5, 5.41) is 0. The molecule has 0 fully saturated rings. The highest BCUT2D eigenvalue weighted by atomic mass is 28.3. The number of benzene rings is 1. The fraction of sp³-hybridized carbons (Fsp3) is 0.660. The maximum absolute atomic E-state index is 4.05. The molecule has 0 saturated carbocycles. The molecule has 0 spiro atoms. The molecule has 1 aromatic rings. The third-order valence-corrected chi connectivity index (χ3v) is 31.2. The van der Waals surface area contributed by atoms with Crippen molar-refractivity contribution in [2.45, 2.75) is 188 Å². The number of nitrogens with zero attached hydrogens (tertiary/aromatic N) is 1. The van der Waals surface area contributed by atoms with Crippen LogP contribution in [0.4, 0.5) is 5.69 Å². The summed E-state index contributed by atoms with van der Waals surface area (Å²) in [5.74, 6) is 18.8. The quantitative estimate of drug-likeness (QED) is 0.171. The predicted molar refractivity (Wildman–Crippen MR) is 241 cm³/mol. The van der Waals surface area contributed by atoms with Gasteiger partial charge in [0.25, 0.3) is 0 Å². The molecule has 0 heterocycles. The molecule has 0 N–H and O–H groups in total. The maximum atomic E-state index is 4.05. The first kappa shape index (κ1) is 46.7. The van der Waals surface area contributed by atoms with E-state index in [4.69, 9.17) is 0 Å². The number of aryl methyl sites for hydroxylation is 2. The van der Waals surface area contributed by atoms with Crippen molar-refractivity contribution in [3.05, 3.63) is 40.0 Å². The highest BCUT2D eigenvalue weighted by molar-refractivity contribution is 6.91. The lowest BCUT2D eigenvalue weighted by Gasteiger charge is -2.38. The molecule has 0 aromatic heterocycles. The molecule has 0 unspecified atom stereocenters. The van der Waals surface area contributed by atoms with Gasteiger partial charge in [-0.25, -0.2) is 0 Å². The molecule has 0 aliphatic rings. The molecule has 51 heavy (non-hydrogen) atoms. The SMILES string of the molecule is Cc1cc(C#CC(C#C[Si](C(C)C)(C(C)C)C(C)C)=C(C#C[Si](C(C)C)(C(C)C)C(C)C)C#C[Si](C(C)C)(C(C)C)C(C)C)cc(C)c1N(C)C. The average molecular weight is 740 g/mol. The lowest BCUT2D eigenvalue weighted by Crippen LogP contribution is -2.43. The van der Waals surface area contributed by atoms with Gasteiger partial charge in [0, 0.05) is 25.3 Å². The summed E-state index contributed by atoms with van der Waals surface area (Å²) in [4.78, 5) is 2.19. The van der Waals surface area contributed by atoms with Crippen molar-refractivity contribution in [3.8, 4) is 46.2 Å². The molecule has 0 bridgehead atoms. The van der Waals surface area contributed by atoms with E-state index in [2.05, 4.69) is 216 Å². The van der Waals surface area contributed by atoms with Gasteiger partial charge >= 0.3 is 0 Å². The van der Waals surface area contributed by atoms with Crippen LogP contribution in [-0.2, 0) is 0 Å². The Hall–Kier alpha value is -2.35. The van der Waals surface area contributed by atoms with Crippen molar-refractivity contribution in [2.24, 2.45) is 0 Å². The second-order valence-electron chi connectivity index (χ2n) is 18.3. The van der Waals surface area contributed by atoms with Gasteiger partial charge in [0.2, 0.25) is 0 Å². The number of hydrogen-bond donors (Lipinski definition) is 0. The predicted octanol–water partition coefficient (Wildman–Crippen LogP) is 13.7. The average Bonchev–Trinajstić information content (AvgIpc) is 2.96. The van der Waals surface area contributed by atoms with Crippen LogP contribution in [-0.4, -0.2) is 38.3 Å². The summed E-state index contributed by atoms with van der Waals surface area (Å²) < 4.78 is 0. The van der Waals surface area contributed by atoms with Gasteiger partial charge in [0.05, 0.1) is 11.1 Å². The van der Waals surface area contributed by atoms with Crippen LogP contribution >= 0.6 is 0 Å². The Morgan fingerprint density at radius 1 is 0.431 bits per heavy atom. The third kappa shape index (κ3) is 10.2. The summed E-state index contributed by atoms with van der Waals surface area (Å²) in [5.41, 5.74) is 23.3. The van der Waals surface area contributed by atoms with Gasteiger partial charge in [-0.3, -0.25) is 0 Å².